The van der Waals surface area contributed by atoms with Crippen LogP contribution in [0.3, 0.4) is 0 Å². The molecule has 0 bridgehead atoms. The number of nitrogens with zero attached hydrogens (tertiary/aromatic N) is 1. The molecule has 0 aliphatic carbocycles. The predicted octanol–water partition coefficient (Wildman–Crippen LogP) is 3.34. The van der Waals surface area contributed by atoms with Crippen molar-refractivity contribution >= 4 is 0 Å². The second-order valence-electron chi connectivity index (χ2n) is 4.84. The summed E-state index contributed by atoms with van der Waals surface area (Å²) in [6, 6.07) is 11.8. The predicted molar refractivity (Wildman–Crippen MR) is 81.8 cm³/mol. The van der Waals surface area contributed by atoms with Crippen LogP contribution in [0.1, 0.15) is 24.5 Å². The first-order chi connectivity index (χ1) is 10.3. The first-order valence-corrected chi connectivity index (χ1v) is 7.31. The van der Waals surface area contributed by atoms with E-state index in [1.807, 2.05) is 25.1 Å². The molecule has 0 atom stereocenters. The molecule has 2 aromatic rings. The van der Waals surface area contributed by atoms with Gasteiger partial charge in [0.15, 0.2) is 0 Å². The van der Waals surface area contributed by atoms with Crippen LogP contribution in [-0.4, -0.2) is 18.1 Å². The van der Waals surface area contributed by atoms with Gasteiger partial charge in [0, 0.05) is 12.1 Å². The van der Waals surface area contributed by atoms with Crippen LogP contribution in [0.15, 0.2) is 42.6 Å². The Balaban J connectivity index is 1.84. The molecule has 0 amide bonds. The molecular weight excluding hydrogens is 267 g/mol. The first kappa shape index (κ1) is 15.4. The molecule has 0 saturated carbocycles. The molecule has 1 heterocycles. The number of hydrogen-bond donors (Lipinski definition) is 1. The quantitative estimate of drug-likeness (QED) is 0.756. The molecule has 4 heteroatoms. The van der Waals surface area contributed by atoms with Gasteiger partial charge in [-0.15, -0.1) is 0 Å². The lowest BCUT2D eigenvalue weighted by atomic mass is 10.1. The van der Waals surface area contributed by atoms with E-state index in [9.17, 15) is 4.39 Å². The van der Waals surface area contributed by atoms with Crippen molar-refractivity contribution in [1.82, 2.24) is 10.3 Å². The van der Waals surface area contributed by atoms with Crippen molar-refractivity contribution in [2.24, 2.45) is 0 Å². The second kappa shape index (κ2) is 8.37. The van der Waals surface area contributed by atoms with E-state index < -0.39 is 0 Å². The van der Waals surface area contributed by atoms with Crippen LogP contribution in [0.4, 0.5) is 4.39 Å². The Morgan fingerprint density at radius 3 is 2.81 bits per heavy atom. The molecule has 0 unspecified atom stereocenters. The van der Waals surface area contributed by atoms with Crippen LogP contribution in [0.25, 0.3) is 0 Å². The van der Waals surface area contributed by atoms with E-state index >= 15 is 0 Å². The Bertz CT molecular complexity index is 546. The lowest BCUT2D eigenvalue weighted by Crippen LogP contribution is -2.14. The monoisotopic (exact) mass is 288 g/mol. The molecule has 0 aliphatic heterocycles. The number of halogens is 1. The number of ether oxygens (including phenoxy) is 1. The summed E-state index contributed by atoms with van der Waals surface area (Å²) in [5.74, 6) is 0.185. The Morgan fingerprint density at radius 2 is 2.05 bits per heavy atom. The van der Waals surface area contributed by atoms with Gasteiger partial charge in [-0.25, -0.2) is 9.37 Å². The minimum Gasteiger partial charge on any atom is -0.477 e. The zero-order valence-corrected chi connectivity index (χ0v) is 12.3. The van der Waals surface area contributed by atoms with E-state index in [2.05, 4.69) is 22.4 Å². The van der Waals surface area contributed by atoms with Crippen molar-refractivity contribution in [3.63, 3.8) is 0 Å². The van der Waals surface area contributed by atoms with E-state index in [0.29, 0.717) is 19.0 Å². The molecule has 0 radical (unpaired) electrons. The van der Waals surface area contributed by atoms with Crippen molar-refractivity contribution < 1.29 is 9.13 Å². The van der Waals surface area contributed by atoms with Gasteiger partial charge in [0.05, 0.1) is 12.8 Å². The highest BCUT2D eigenvalue weighted by Crippen LogP contribution is 2.16. The average Bonchev–Trinajstić information content (AvgIpc) is 2.52. The van der Waals surface area contributed by atoms with E-state index in [-0.39, 0.29) is 5.82 Å². The maximum Gasteiger partial charge on any atom is 0.218 e. The molecular formula is C17H21FN2O. The molecule has 1 N–H and O–H groups in total. The van der Waals surface area contributed by atoms with Crippen LogP contribution in [-0.2, 0) is 13.0 Å². The van der Waals surface area contributed by atoms with E-state index in [1.165, 1.54) is 17.8 Å². The van der Waals surface area contributed by atoms with Gasteiger partial charge in [0.2, 0.25) is 5.88 Å². The highest BCUT2D eigenvalue weighted by molar-refractivity contribution is 5.26. The van der Waals surface area contributed by atoms with Crippen molar-refractivity contribution in [3.8, 4) is 5.88 Å². The summed E-state index contributed by atoms with van der Waals surface area (Å²) >= 11 is 0. The molecule has 0 fully saturated rings. The number of aromatic nitrogens is 1. The molecule has 1 aromatic heterocycles. The van der Waals surface area contributed by atoms with Gasteiger partial charge >= 0.3 is 0 Å². The largest absolute Gasteiger partial charge is 0.477 e. The zero-order chi connectivity index (χ0) is 14.9. The summed E-state index contributed by atoms with van der Waals surface area (Å²) in [5.41, 5.74) is 2.05. The molecule has 2 rings (SSSR count). The lowest BCUT2D eigenvalue weighted by molar-refractivity contribution is 0.294. The van der Waals surface area contributed by atoms with Gasteiger partial charge in [-0.1, -0.05) is 37.3 Å². The van der Waals surface area contributed by atoms with Crippen molar-refractivity contribution in [1.29, 1.82) is 0 Å². The minimum atomic E-state index is -0.334. The number of hydrogen-bond acceptors (Lipinski definition) is 3. The highest BCUT2D eigenvalue weighted by atomic mass is 19.1. The third-order valence-corrected chi connectivity index (χ3v) is 3.15. The third-order valence-electron chi connectivity index (χ3n) is 3.15. The number of nitrogens with one attached hydrogen (secondary N) is 1. The van der Waals surface area contributed by atoms with Crippen LogP contribution in [0, 0.1) is 5.82 Å². The van der Waals surface area contributed by atoms with Crippen LogP contribution in [0.5, 0.6) is 5.88 Å². The number of rotatable bonds is 8. The Labute approximate surface area is 125 Å². The summed E-state index contributed by atoms with van der Waals surface area (Å²) in [4.78, 5) is 4.04. The number of pyridine rings is 1. The summed E-state index contributed by atoms with van der Waals surface area (Å²) < 4.78 is 18.9. The van der Waals surface area contributed by atoms with Crippen LogP contribution >= 0.6 is 0 Å². The fourth-order valence-corrected chi connectivity index (χ4v) is 2.07. The Morgan fingerprint density at radius 1 is 1.24 bits per heavy atom. The lowest BCUT2D eigenvalue weighted by Gasteiger charge is -2.10. The third kappa shape index (κ3) is 5.16. The van der Waals surface area contributed by atoms with E-state index in [1.54, 1.807) is 0 Å². The van der Waals surface area contributed by atoms with Crippen LogP contribution < -0.4 is 10.1 Å². The highest BCUT2D eigenvalue weighted by Gasteiger charge is 2.07. The molecule has 1 aromatic carbocycles. The summed E-state index contributed by atoms with van der Waals surface area (Å²) in [6.45, 7) is 3.97. The van der Waals surface area contributed by atoms with Crippen molar-refractivity contribution in [3.05, 3.63) is 59.5 Å². The zero-order valence-electron chi connectivity index (χ0n) is 12.3. The molecule has 0 spiro atoms. The fourth-order valence-electron chi connectivity index (χ4n) is 2.07. The van der Waals surface area contributed by atoms with Gasteiger partial charge in [-0.3, -0.25) is 0 Å². The van der Waals surface area contributed by atoms with Gasteiger partial charge < -0.3 is 10.1 Å². The standard InChI is InChI=1S/C17H21FN2O/c1-2-19-12-15-11-16(18)13-20-17(15)21-10-6-9-14-7-4-3-5-8-14/h3-5,7-8,11,13,19H,2,6,9-10,12H2,1H3. The average molecular weight is 288 g/mol. The molecule has 0 saturated heterocycles. The van der Waals surface area contributed by atoms with Gasteiger partial charge in [0.1, 0.15) is 5.82 Å². The maximum atomic E-state index is 13.2. The van der Waals surface area contributed by atoms with E-state index in [0.717, 1.165) is 24.9 Å². The first-order valence-electron chi connectivity index (χ1n) is 7.31. The molecule has 112 valence electrons. The summed E-state index contributed by atoms with van der Waals surface area (Å²) in [6.07, 6.45) is 3.07. The Hall–Kier alpha value is -1.94. The van der Waals surface area contributed by atoms with Gasteiger partial charge in [0.25, 0.3) is 0 Å². The summed E-state index contributed by atoms with van der Waals surface area (Å²) in [7, 11) is 0. The normalized spacial score (nSPS) is 10.6. The minimum absolute atomic E-state index is 0.334. The second-order valence-corrected chi connectivity index (χ2v) is 4.84. The van der Waals surface area contributed by atoms with Gasteiger partial charge in [-0.2, -0.15) is 0 Å². The van der Waals surface area contributed by atoms with Crippen molar-refractivity contribution in [2.45, 2.75) is 26.3 Å². The Kier molecular flexibility index (Phi) is 6.16. The van der Waals surface area contributed by atoms with Gasteiger partial charge in [-0.05, 0) is 31.0 Å². The smallest absolute Gasteiger partial charge is 0.218 e. The molecule has 3 nitrogen and oxygen atoms in total. The summed E-state index contributed by atoms with van der Waals surface area (Å²) in [5, 5.41) is 3.16. The SMILES string of the molecule is CCNCc1cc(F)cnc1OCCCc1ccccc1. The van der Waals surface area contributed by atoms with E-state index in [4.69, 9.17) is 4.74 Å². The van der Waals surface area contributed by atoms with Crippen LogP contribution in [0.2, 0.25) is 0 Å². The number of aryl methyl sites for hydroxylation is 1. The molecule has 21 heavy (non-hydrogen) atoms. The van der Waals surface area contributed by atoms with Crippen molar-refractivity contribution in [2.75, 3.05) is 13.2 Å². The maximum absolute atomic E-state index is 13.2. The topological polar surface area (TPSA) is 34.2 Å². The molecule has 0 aliphatic rings. The number of benzene rings is 1. The fraction of sp³-hybridized carbons (Fsp3) is 0.353.